The van der Waals surface area contributed by atoms with Gasteiger partial charge in [0.25, 0.3) is 0 Å². The van der Waals surface area contributed by atoms with Gasteiger partial charge in [-0.3, -0.25) is 9.59 Å². The first-order valence-electron chi connectivity index (χ1n) is 11.0. The molecule has 0 radical (unpaired) electrons. The first kappa shape index (κ1) is 22.3. The van der Waals surface area contributed by atoms with Crippen LogP contribution in [0.15, 0.2) is 121 Å². The van der Waals surface area contributed by atoms with E-state index in [0.29, 0.717) is 32.4 Å². The van der Waals surface area contributed by atoms with E-state index in [-0.39, 0.29) is 11.6 Å². The third-order valence-electron chi connectivity index (χ3n) is 5.24. The predicted molar refractivity (Wildman–Crippen MR) is 137 cm³/mol. The summed E-state index contributed by atoms with van der Waals surface area (Å²) in [6.45, 7) is 0. The molecule has 0 atom stereocenters. The molecule has 5 rings (SSSR count). The van der Waals surface area contributed by atoms with Gasteiger partial charge < -0.3 is 9.47 Å². The third kappa shape index (κ3) is 5.37. The maximum absolute atomic E-state index is 12.9. The molecule has 5 aromatic rings. The van der Waals surface area contributed by atoms with E-state index in [2.05, 4.69) is 0 Å². The van der Waals surface area contributed by atoms with Gasteiger partial charge in [0.2, 0.25) is 11.6 Å². The van der Waals surface area contributed by atoms with Gasteiger partial charge in [0, 0.05) is 11.1 Å². The lowest BCUT2D eigenvalue weighted by Crippen LogP contribution is -1.99. The number of carbonyl (C=O) groups excluding carboxylic acids is 2. The Morgan fingerprint density at radius 3 is 1.14 bits per heavy atom. The molecule has 0 fully saturated rings. The van der Waals surface area contributed by atoms with E-state index in [1.807, 2.05) is 60.7 Å². The van der Waals surface area contributed by atoms with Gasteiger partial charge in [-0.25, -0.2) is 0 Å². The summed E-state index contributed by atoms with van der Waals surface area (Å²) >= 11 is 1.19. The molecule has 0 amide bonds. The van der Waals surface area contributed by atoms with Crippen molar-refractivity contribution in [3.63, 3.8) is 0 Å². The summed E-state index contributed by atoms with van der Waals surface area (Å²) in [5.41, 5.74) is 1.07. The second-order valence-electron chi connectivity index (χ2n) is 7.70. The van der Waals surface area contributed by atoms with Crippen molar-refractivity contribution in [1.82, 2.24) is 0 Å². The van der Waals surface area contributed by atoms with Gasteiger partial charge in [0.15, 0.2) is 0 Å². The molecule has 1 heterocycles. The molecule has 0 bridgehead atoms. The molecular formula is C30H20O4S. The molecule has 4 aromatic carbocycles. The number of hydrogen-bond donors (Lipinski definition) is 0. The van der Waals surface area contributed by atoms with Gasteiger partial charge in [-0.05, 0) is 84.9 Å². The van der Waals surface area contributed by atoms with Crippen LogP contribution in [0.25, 0.3) is 0 Å². The number of para-hydroxylation sites is 2. The summed E-state index contributed by atoms with van der Waals surface area (Å²) in [5.74, 6) is 2.49. The van der Waals surface area contributed by atoms with Crippen LogP contribution in [0.4, 0.5) is 0 Å². The van der Waals surface area contributed by atoms with Crippen LogP contribution in [-0.2, 0) is 0 Å². The number of ether oxygens (including phenoxy) is 2. The van der Waals surface area contributed by atoms with Crippen LogP contribution in [0.1, 0.15) is 30.5 Å². The number of benzene rings is 4. The fourth-order valence-corrected chi connectivity index (χ4v) is 4.39. The highest BCUT2D eigenvalue weighted by Crippen LogP contribution is 2.27. The number of carbonyl (C=O) groups is 2. The number of rotatable bonds is 8. The number of thiophene rings is 1. The maximum Gasteiger partial charge on any atom is 0.202 e. The van der Waals surface area contributed by atoms with Gasteiger partial charge in [-0.1, -0.05) is 36.4 Å². The van der Waals surface area contributed by atoms with Crippen LogP contribution in [0.2, 0.25) is 0 Å². The van der Waals surface area contributed by atoms with E-state index in [1.165, 1.54) is 11.3 Å². The lowest BCUT2D eigenvalue weighted by molar-refractivity contribution is 0.103. The molecule has 0 saturated carbocycles. The van der Waals surface area contributed by atoms with Crippen molar-refractivity contribution < 1.29 is 19.1 Å². The zero-order valence-electron chi connectivity index (χ0n) is 18.6. The van der Waals surface area contributed by atoms with Crippen LogP contribution in [-0.4, -0.2) is 11.6 Å². The van der Waals surface area contributed by atoms with E-state index >= 15 is 0 Å². The van der Waals surface area contributed by atoms with Crippen molar-refractivity contribution in [3.05, 3.63) is 142 Å². The van der Waals surface area contributed by atoms with E-state index in [1.54, 1.807) is 60.7 Å². The summed E-state index contributed by atoms with van der Waals surface area (Å²) in [4.78, 5) is 26.9. The Morgan fingerprint density at radius 2 is 0.771 bits per heavy atom. The maximum atomic E-state index is 12.9. The molecule has 0 saturated heterocycles. The Bertz CT molecular complexity index is 1330. The fourth-order valence-electron chi connectivity index (χ4n) is 3.46. The number of ketones is 2. The average Bonchev–Trinajstić information content (AvgIpc) is 3.40. The normalized spacial score (nSPS) is 10.5. The van der Waals surface area contributed by atoms with Gasteiger partial charge in [0.05, 0.1) is 9.75 Å². The Kier molecular flexibility index (Phi) is 6.50. The standard InChI is InChI=1S/C30H20O4S/c31-29(21-11-15-25(16-12-21)33-23-7-3-1-4-8-23)27-19-20-28(35-27)30(32)22-13-17-26(18-14-22)34-24-9-5-2-6-10-24/h1-20H. The molecule has 5 heteroatoms. The monoisotopic (exact) mass is 476 g/mol. The largest absolute Gasteiger partial charge is 0.457 e. The first-order valence-corrected chi connectivity index (χ1v) is 11.8. The van der Waals surface area contributed by atoms with Crippen LogP contribution in [0, 0.1) is 0 Å². The lowest BCUT2D eigenvalue weighted by Gasteiger charge is -2.06. The minimum atomic E-state index is -0.132. The average molecular weight is 477 g/mol. The summed E-state index contributed by atoms with van der Waals surface area (Å²) in [6.07, 6.45) is 0. The molecule has 0 spiro atoms. The van der Waals surface area contributed by atoms with Crippen LogP contribution in [0.5, 0.6) is 23.0 Å². The molecule has 0 aliphatic heterocycles. The van der Waals surface area contributed by atoms with E-state index in [0.717, 1.165) is 11.5 Å². The highest BCUT2D eigenvalue weighted by molar-refractivity contribution is 7.16. The SMILES string of the molecule is O=C(c1ccc(Oc2ccccc2)cc1)c1ccc(C(=O)c2ccc(Oc3ccccc3)cc2)s1. The molecule has 0 N–H and O–H groups in total. The first-order chi connectivity index (χ1) is 17.2. The topological polar surface area (TPSA) is 52.6 Å². The molecule has 35 heavy (non-hydrogen) atoms. The van der Waals surface area contributed by atoms with Crippen molar-refractivity contribution in [3.8, 4) is 23.0 Å². The van der Waals surface area contributed by atoms with E-state index in [9.17, 15) is 9.59 Å². The molecule has 0 unspecified atom stereocenters. The van der Waals surface area contributed by atoms with Gasteiger partial charge in [0.1, 0.15) is 23.0 Å². The Balaban J connectivity index is 1.25. The predicted octanol–water partition coefficient (Wildman–Crippen LogP) is 7.79. The van der Waals surface area contributed by atoms with E-state index in [4.69, 9.17) is 9.47 Å². The summed E-state index contributed by atoms with van der Waals surface area (Å²) < 4.78 is 11.6. The second-order valence-corrected chi connectivity index (χ2v) is 8.78. The molecule has 4 nitrogen and oxygen atoms in total. The molecule has 170 valence electrons. The van der Waals surface area contributed by atoms with Crippen LogP contribution in [0.3, 0.4) is 0 Å². The van der Waals surface area contributed by atoms with Gasteiger partial charge >= 0.3 is 0 Å². The zero-order valence-corrected chi connectivity index (χ0v) is 19.4. The molecular weight excluding hydrogens is 456 g/mol. The van der Waals surface area contributed by atoms with Crippen molar-refractivity contribution in [1.29, 1.82) is 0 Å². The van der Waals surface area contributed by atoms with Crippen LogP contribution >= 0.6 is 11.3 Å². The van der Waals surface area contributed by atoms with Crippen molar-refractivity contribution in [2.24, 2.45) is 0 Å². The highest BCUT2D eigenvalue weighted by Gasteiger charge is 2.17. The minimum absolute atomic E-state index is 0.132. The summed E-state index contributed by atoms with van der Waals surface area (Å²) in [7, 11) is 0. The molecule has 1 aromatic heterocycles. The fraction of sp³-hybridized carbons (Fsp3) is 0. The Hall–Kier alpha value is -4.48. The Morgan fingerprint density at radius 1 is 0.429 bits per heavy atom. The van der Waals surface area contributed by atoms with Crippen molar-refractivity contribution >= 4 is 22.9 Å². The smallest absolute Gasteiger partial charge is 0.202 e. The molecule has 0 aliphatic rings. The Labute approximate surface area is 207 Å². The van der Waals surface area contributed by atoms with Crippen molar-refractivity contribution in [2.75, 3.05) is 0 Å². The van der Waals surface area contributed by atoms with Crippen molar-refractivity contribution in [2.45, 2.75) is 0 Å². The lowest BCUT2D eigenvalue weighted by atomic mass is 10.1. The summed E-state index contributed by atoms with van der Waals surface area (Å²) in [6, 6.07) is 36.3. The quantitative estimate of drug-likeness (QED) is 0.214. The number of hydrogen-bond acceptors (Lipinski definition) is 5. The minimum Gasteiger partial charge on any atom is -0.457 e. The zero-order chi connectivity index (χ0) is 24.0. The third-order valence-corrected chi connectivity index (χ3v) is 6.33. The second kappa shape index (κ2) is 10.2. The van der Waals surface area contributed by atoms with Gasteiger partial charge in [-0.15, -0.1) is 11.3 Å². The molecule has 0 aliphatic carbocycles. The summed E-state index contributed by atoms with van der Waals surface area (Å²) in [5, 5.41) is 0. The van der Waals surface area contributed by atoms with Crippen LogP contribution < -0.4 is 9.47 Å². The van der Waals surface area contributed by atoms with Gasteiger partial charge in [-0.2, -0.15) is 0 Å². The highest BCUT2D eigenvalue weighted by atomic mass is 32.1. The van der Waals surface area contributed by atoms with E-state index < -0.39 is 0 Å².